The molecule has 0 spiro atoms. The Bertz CT molecular complexity index is 1450. The second-order valence-electron chi connectivity index (χ2n) is 8.19. The predicted molar refractivity (Wildman–Crippen MR) is 132 cm³/mol. The van der Waals surface area contributed by atoms with Crippen molar-refractivity contribution < 1.29 is 13.2 Å². The summed E-state index contributed by atoms with van der Waals surface area (Å²) in [5, 5.41) is 9.60. The normalized spacial score (nSPS) is 14.2. The van der Waals surface area contributed by atoms with Crippen LogP contribution in [0.25, 0.3) is 27.8 Å². The van der Waals surface area contributed by atoms with E-state index in [9.17, 15) is 18.4 Å². The van der Waals surface area contributed by atoms with Crippen LogP contribution in [0.4, 0.5) is 13.2 Å². The van der Waals surface area contributed by atoms with Crippen LogP contribution in [0.5, 0.6) is 0 Å². The van der Waals surface area contributed by atoms with Crippen LogP contribution >= 0.6 is 0 Å². The van der Waals surface area contributed by atoms with Gasteiger partial charge in [0, 0.05) is 11.4 Å². The van der Waals surface area contributed by atoms with Crippen molar-refractivity contribution in [2.24, 2.45) is 0 Å². The number of aryl methyl sites for hydroxylation is 1. The van der Waals surface area contributed by atoms with Crippen LogP contribution in [-0.2, 0) is 6.18 Å². The number of aromatic nitrogens is 1. The summed E-state index contributed by atoms with van der Waals surface area (Å²) in [5.74, 6) is 0. The largest absolute Gasteiger partial charge is 0.416 e. The molecular weight excluding hydrogens is 447 g/mol. The number of aromatic amines is 1. The molecule has 1 aliphatic carbocycles. The third kappa shape index (κ3) is 5.51. The number of halogens is 3. The van der Waals surface area contributed by atoms with Crippen molar-refractivity contribution in [2.75, 3.05) is 0 Å². The van der Waals surface area contributed by atoms with Gasteiger partial charge >= 0.3 is 6.18 Å². The monoisotopic (exact) mass is 467 g/mol. The number of alkyl halides is 3. The van der Waals surface area contributed by atoms with Crippen molar-refractivity contribution in [1.29, 1.82) is 5.26 Å². The second kappa shape index (κ2) is 9.75. The van der Waals surface area contributed by atoms with Gasteiger partial charge in [-0.25, -0.2) is 4.85 Å². The van der Waals surface area contributed by atoms with E-state index in [-0.39, 0.29) is 5.70 Å². The number of rotatable bonds is 5. The molecular formula is C29H20F3N3. The maximum atomic E-state index is 12.8. The molecule has 0 amide bonds. The highest BCUT2D eigenvalue weighted by atomic mass is 19.4. The summed E-state index contributed by atoms with van der Waals surface area (Å²) in [6.45, 7) is 9.46. The van der Waals surface area contributed by atoms with Crippen LogP contribution in [0.2, 0.25) is 0 Å². The standard InChI is InChI=1S/C29H20F3N3/c1-19-3-6-21(7-4-19)24(18-33)16-20-5-8-23(15-20)27-14-13-26(35-27)17-28(34-2)22-9-11-25(12-10-22)29(30,31)32/h3-14,16-17,35H,15H2,1H3/b24-16+,28-17-. The van der Waals surface area contributed by atoms with Crippen molar-refractivity contribution in [2.45, 2.75) is 19.5 Å². The van der Waals surface area contributed by atoms with Gasteiger partial charge in [-0.2, -0.15) is 18.4 Å². The number of hydrogen-bond donors (Lipinski definition) is 1. The fourth-order valence-corrected chi connectivity index (χ4v) is 3.77. The summed E-state index contributed by atoms with van der Waals surface area (Å²) in [6.07, 6.45) is 3.70. The van der Waals surface area contributed by atoms with Crippen LogP contribution in [0.15, 0.2) is 84.5 Å². The average molecular weight is 467 g/mol. The van der Waals surface area contributed by atoms with E-state index in [1.807, 2.05) is 61.5 Å². The highest BCUT2D eigenvalue weighted by molar-refractivity contribution is 5.85. The molecule has 1 N–H and O–H groups in total. The minimum atomic E-state index is -4.42. The molecule has 0 unspecified atom stereocenters. The van der Waals surface area contributed by atoms with Crippen molar-refractivity contribution in [3.8, 4) is 6.07 Å². The molecule has 3 nitrogen and oxygen atoms in total. The van der Waals surface area contributed by atoms with Crippen LogP contribution in [0.3, 0.4) is 0 Å². The van der Waals surface area contributed by atoms with Gasteiger partial charge in [0.15, 0.2) is 5.70 Å². The number of allylic oxidation sites excluding steroid dienone is 6. The topological polar surface area (TPSA) is 43.9 Å². The number of H-pyrrole nitrogens is 1. The summed E-state index contributed by atoms with van der Waals surface area (Å²) in [5.41, 5.74) is 6.10. The second-order valence-corrected chi connectivity index (χ2v) is 8.19. The van der Waals surface area contributed by atoms with E-state index in [1.165, 1.54) is 12.1 Å². The molecule has 0 atom stereocenters. The van der Waals surface area contributed by atoms with Gasteiger partial charge in [-0.05, 0) is 59.9 Å². The summed E-state index contributed by atoms with van der Waals surface area (Å²) in [4.78, 5) is 6.75. The summed E-state index contributed by atoms with van der Waals surface area (Å²) >= 11 is 0. The Labute approximate surface area is 201 Å². The lowest BCUT2D eigenvalue weighted by Gasteiger charge is -2.07. The van der Waals surface area contributed by atoms with Crippen molar-refractivity contribution >= 4 is 22.9 Å². The van der Waals surface area contributed by atoms with E-state index in [2.05, 4.69) is 15.9 Å². The molecule has 172 valence electrons. The Morgan fingerprint density at radius 3 is 2.29 bits per heavy atom. The van der Waals surface area contributed by atoms with Crippen LogP contribution < -0.4 is 0 Å². The molecule has 1 aliphatic rings. The van der Waals surface area contributed by atoms with E-state index >= 15 is 0 Å². The van der Waals surface area contributed by atoms with Gasteiger partial charge in [-0.3, -0.25) is 0 Å². The Kier molecular flexibility index (Phi) is 6.57. The molecule has 0 aliphatic heterocycles. The zero-order valence-corrected chi connectivity index (χ0v) is 18.8. The summed E-state index contributed by atoms with van der Waals surface area (Å²) in [7, 11) is 0. The first kappa shape index (κ1) is 23.6. The van der Waals surface area contributed by atoms with Crippen LogP contribution in [0.1, 0.15) is 40.1 Å². The molecule has 35 heavy (non-hydrogen) atoms. The molecule has 2 aromatic carbocycles. The van der Waals surface area contributed by atoms with Gasteiger partial charge < -0.3 is 4.98 Å². The highest BCUT2D eigenvalue weighted by Gasteiger charge is 2.30. The number of hydrogen-bond acceptors (Lipinski definition) is 1. The van der Waals surface area contributed by atoms with Crippen molar-refractivity contribution in [3.05, 3.63) is 130 Å². The molecule has 0 saturated carbocycles. The van der Waals surface area contributed by atoms with Gasteiger partial charge in [0.25, 0.3) is 0 Å². The Morgan fingerprint density at radius 1 is 0.971 bits per heavy atom. The first-order chi connectivity index (χ1) is 16.8. The van der Waals surface area contributed by atoms with E-state index in [0.717, 1.165) is 40.1 Å². The molecule has 6 heteroatoms. The maximum absolute atomic E-state index is 12.8. The Hall–Kier alpha value is -4.55. The SMILES string of the molecule is [C-]#[N+]/C(=C\c1ccc(C2=CC=C(/C=C(\C#N)c3ccc(C)cc3)C2)[nH]1)c1ccc(C(F)(F)F)cc1. The molecule has 4 rings (SSSR count). The molecule has 0 fully saturated rings. The van der Waals surface area contributed by atoms with Crippen molar-refractivity contribution in [3.63, 3.8) is 0 Å². The molecule has 1 heterocycles. The Balaban J connectivity index is 1.48. The summed E-state index contributed by atoms with van der Waals surface area (Å²) in [6, 6.07) is 18.4. The van der Waals surface area contributed by atoms with Gasteiger partial charge in [0.2, 0.25) is 0 Å². The van der Waals surface area contributed by atoms with Gasteiger partial charge in [0.05, 0.1) is 23.8 Å². The average Bonchev–Trinajstić information content (AvgIpc) is 3.51. The molecule has 1 aromatic heterocycles. The smallest absolute Gasteiger partial charge is 0.356 e. The minimum Gasteiger partial charge on any atom is -0.356 e. The molecule has 0 radical (unpaired) electrons. The van der Waals surface area contributed by atoms with Gasteiger partial charge in [-0.15, -0.1) is 0 Å². The fourth-order valence-electron chi connectivity index (χ4n) is 3.77. The third-order valence-corrected chi connectivity index (χ3v) is 5.68. The van der Waals surface area contributed by atoms with Gasteiger partial charge in [0.1, 0.15) is 0 Å². The first-order valence-electron chi connectivity index (χ1n) is 10.8. The third-order valence-electron chi connectivity index (χ3n) is 5.68. The Morgan fingerprint density at radius 2 is 1.66 bits per heavy atom. The number of nitrogens with zero attached hydrogens (tertiary/aromatic N) is 2. The molecule has 0 bridgehead atoms. The number of nitrogens with one attached hydrogen (secondary N) is 1. The summed E-state index contributed by atoms with van der Waals surface area (Å²) < 4.78 is 38.4. The van der Waals surface area contributed by atoms with E-state index in [1.54, 1.807) is 6.08 Å². The van der Waals surface area contributed by atoms with Gasteiger partial charge in [-0.1, -0.05) is 66.2 Å². The van der Waals surface area contributed by atoms with Crippen LogP contribution in [0, 0.1) is 24.8 Å². The maximum Gasteiger partial charge on any atom is 0.416 e. The molecule has 0 saturated heterocycles. The minimum absolute atomic E-state index is 0.242. The van der Waals surface area contributed by atoms with Crippen LogP contribution in [-0.4, -0.2) is 4.98 Å². The zero-order valence-electron chi connectivity index (χ0n) is 18.8. The zero-order chi connectivity index (χ0) is 25.0. The predicted octanol–water partition coefficient (Wildman–Crippen LogP) is 8.08. The lowest BCUT2D eigenvalue weighted by Crippen LogP contribution is -2.04. The first-order valence-corrected chi connectivity index (χ1v) is 10.8. The molecule has 3 aromatic rings. The number of benzene rings is 2. The van der Waals surface area contributed by atoms with E-state index in [4.69, 9.17) is 6.57 Å². The highest BCUT2D eigenvalue weighted by Crippen LogP contribution is 2.32. The van der Waals surface area contributed by atoms with Crippen molar-refractivity contribution in [1.82, 2.24) is 4.98 Å². The van der Waals surface area contributed by atoms with E-state index < -0.39 is 11.7 Å². The number of nitriles is 1. The fraction of sp³-hybridized carbons (Fsp3) is 0.103. The van der Waals surface area contributed by atoms with E-state index in [0.29, 0.717) is 23.3 Å². The lowest BCUT2D eigenvalue weighted by molar-refractivity contribution is -0.137. The quantitative estimate of drug-likeness (QED) is 0.299. The lowest BCUT2D eigenvalue weighted by atomic mass is 10.0.